The Labute approximate surface area is 109 Å². The van der Waals surface area contributed by atoms with E-state index in [9.17, 15) is 4.79 Å². The van der Waals surface area contributed by atoms with Gasteiger partial charge >= 0.3 is 6.03 Å². The monoisotopic (exact) mass is 255 g/mol. The van der Waals surface area contributed by atoms with Crippen LogP contribution in [0.4, 0.5) is 4.79 Å². The summed E-state index contributed by atoms with van der Waals surface area (Å²) < 4.78 is 4.93. The first-order chi connectivity index (χ1) is 8.81. The van der Waals surface area contributed by atoms with Crippen molar-refractivity contribution in [1.82, 2.24) is 15.1 Å². The molecule has 0 atom stereocenters. The van der Waals surface area contributed by atoms with E-state index in [1.165, 1.54) is 19.3 Å². The van der Waals surface area contributed by atoms with Gasteiger partial charge in [-0.2, -0.15) is 0 Å². The van der Waals surface area contributed by atoms with Crippen molar-refractivity contribution in [3.63, 3.8) is 0 Å². The molecule has 2 fully saturated rings. The maximum absolute atomic E-state index is 11.9. The second kappa shape index (κ2) is 6.95. The minimum atomic E-state index is 0.0579. The minimum absolute atomic E-state index is 0.0579. The van der Waals surface area contributed by atoms with Crippen LogP contribution in [0.2, 0.25) is 0 Å². The van der Waals surface area contributed by atoms with Crippen LogP contribution >= 0.6 is 0 Å². The van der Waals surface area contributed by atoms with Gasteiger partial charge in [-0.3, -0.25) is 4.90 Å². The minimum Gasteiger partial charge on any atom is -0.383 e. The molecule has 0 bridgehead atoms. The van der Waals surface area contributed by atoms with E-state index >= 15 is 0 Å². The van der Waals surface area contributed by atoms with Crippen LogP contribution in [0, 0.1) is 0 Å². The van der Waals surface area contributed by atoms with Crippen LogP contribution in [-0.2, 0) is 4.74 Å². The van der Waals surface area contributed by atoms with E-state index < -0.39 is 0 Å². The van der Waals surface area contributed by atoms with Crippen LogP contribution in [0.5, 0.6) is 0 Å². The van der Waals surface area contributed by atoms with E-state index in [2.05, 4.69) is 10.2 Å². The van der Waals surface area contributed by atoms with Crippen molar-refractivity contribution in [1.29, 1.82) is 0 Å². The second-order valence-electron chi connectivity index (χ2n) is 5.19. The number of hydrogen-bond acceptors (Lipinski definition) is 3. The number of nitrogens with one attached hydrogen (secondary N) is 1. The number of nitrogens with zero attached hydrogens (tertiary/aromatic N) is 2. The highest BCUT2D eigenvalue weighted by Gasteiger charge is 2.27. The molecule has 0 unspecified atom stereocenters. The fraction of sp³-hybridized carbons (Fsp3) is 0.923. The highest BCUT2D eigenvalue weighted by molar-refractivity contribution is 5.74. The second-order valence-corrected chi connectivity index (χ2v) is 5.19. The van der Waals surface area contributed by atoms with Gasteiger partial charge < -0.3 is 15.0 Å². The van der Waals surface area contributed by atoms with Gasteiger partial charge in [-0.25, -0.2) is 4.79 Å². The van der Waals surface area contributed by atoms with Crippen molar-refractivity contribution >= 4 is 6.03 Å². The van der Waals surface area contributed by atoms with E-state index in [0.717, 1.165) is 38.6 Å². The maximum atomic E-state index is 11.9. The normalized spacial score (nSPS) is 22.4. The van der Waals surface area contributed by atoms with Gasteiger partial charge in [-0.05, 0) is 19.3 Å². The molecule has 0 aromatic carbocycles. The Kier molecular flexibility index (Phi) is 5.26. The quantitative estimate of drug-likeness (QED) is 0.759. The van der Waals surface area contributed by atoms with Crippen molar-refractivity contribution in [2.75, 3.05) is 46.4 Å². The summed E-state index contributed by atoms with van der Waals surface area (Å²) >= 11 is 0. The molecule has 1 N–H and O–H groups in total. The fourth-order valence-corrected chi connectivity index (χ4v) is 2.63. The lowest BCUT2D eigenvalue weighted by molar-refractivity contribution is 0.131. The Morgan fingerprint density at radius 1 is 1.22 bits per heavy atom. The molecule has 1 saturated carbocycles. The lowest BCUT2D eigenvalue weighted by atomic mass is 9.91. The Bertz CT molecular complexity index is 269. The molecule has 1 heterocycles. The fourth-order valence-electron chi connectivity index (χ4n) is 2.63. The van der Waals surface area contributed by atoms with E-state index in [4.69, 9.17) is 4.74 Å². The third-order valence-electron chi connectivity index (χ3n) is 3.99. The number of carbonyl (C=O) groups excluding carboxylic acids is 1. The van der Waals surface area contributed by atoms with Gasteiger partial charge in [0.05, 0.1) is 6.61 Å². The summed E-state index contributed by atoms with van der Waals surface area (Å²) in [4.78, 5) is 16.4. The predicted molar refractivity (Wildman–Crippen MR) is 70.7 cm³/mol. The molecule has 0 radical (unpaired) electrons. The predicted octanol–water partition coefficient (Wildman–Crippen LogP) is 0.903. The van der Waals surface area contributed by atoms with Crippen LogP contribution in [0.1, 0.15) is 25.7 Å². The average molecular weight is 255 g/mol. The van der Waals surface area contributed by atoms with Crippen molar-refractivity contribution in [3.05, 3.63) is 0 Å². The molecule has 2 rings (SSSR count). The molecule has 5 nitrogen and oxygen atoms in total. The highest BCUT2D eigenvalue weighted by Crippen LogP contribution is 2.25. The first-order valence-electron chi connectivity index (χ1n) is 7.07. The smallest absolute Gasteiger partial charge is 0.317 e. The number of urea groups is 1. The molecular formula is C13H25N3O2. The molecule has 104 valence electrons. The zero-order valence-corrected chi connectivity index (χ0v) is 11.4. The van der Waals surface area contributed by atoms with Crippen molar-refractivity contribution in [3.8, 4) is 0 Å². The third kappa shape index (κ3) is 3.59. The third-order valence-corrected chi connectivity index (χ3v) is 3.99. The average Bonchev–Trinajstić information content (AvgIpc) is 2.53. The maximum Gasteiger partial charge on any atom is 0.317 e. The van der Waals surface area contributed by atoms with Crippen LogP contribution in [-0.4, -0.2) is 68.3 Å². The van der Waals surface area contributed by atoms with E-state index in [1.807, 2.05) is 4.90 Å². The molecular weight excluding hydrogens is 230 g/mol. The van der Waals surface area contributed by atoms with Crippen molar-refractivity contribution in [2.45, 2.75) is 31.7 Å². The Balaban J connectivity index is 1.72. The zero-order chi connectivity index (χ0) is 12.8. The van der Waals surface area contributed by atoms with E-state index in [-0.39, 0.29) is 6.03 Å². The van der Waals surface area contributed by atoms with Gasteiger partial charge in [-0.1, -0.05) is 6.42 Å². The summed E-state index contributed by atoms with van der Waals surface area (Å²) in [5.41, 5.74) is 0. The van der Waals surface area contributed by atoms with Gasteiger partial charge in [0.15, 0.2) is 0 Å². The SMILES string of the molecule is COCCNC(=O)N1CCCN(C2CCC2)CC1. The highest BCUT2D eigenvalue weighted by atomic mass is 16.5. The summed E-state index contributed by atoms with van der Waals surface area (Å²) in [6.07, 6.45) is 5.16. The number of hydrogen-bond donors (Lipinski definition) is 1. The van der Waals surface area contributed by atoms with Crippen LogP contribution < -0.4 is 5.32 Å². The standard InChI is InChI=1S/C13H25N3O2/c1-18-11-6-14-13(17)16-8-3-7-15(9-10-16)12-4-2-5-12/h12H,2-11H2,1H3,(H,14,17). The number of amides is 2. The lowest BCUT2D eigenvalue weighted by Crippen LogP contribution is -2.45. The molecule has 1 aliphatic heterocycles. The number of rotatable bonds is 4. The van der Waals surface area contributed by atoms with Crippen LogP contribution in [0.15, 0.2) is 0 Å². The molecule has 18 heavy (non-hydrogen) atoms. The summed E-state index contributed by atoms with van der Waals surface area (Å²) in [6, 6.07) is 0.851. The van der Waals surface area contributed by atoms with Gasteiger partial charge in [0.2, 0.25) is 0 Å². The number of carbonyl (C=O) groups is 1. The van der Waals surface area contributed by atoms with Gasteiger partial charge in [-0.15, -0.1) is 0 Å². The molecule has 0 spiro atoms. The molecule has 0 aromatic rings. The largest absolute Gasteiger partial charge is 0.383 e. The Morgan fingerprint density at radius 3 is 2.72 bits per heavy atom. The van der Waals surface area contributed by atoms with Crippen molar-refractivity contribution < 1.29 is 9.53 Å². The van der Waals surface area contributed by atoms with Gasteiger partial charge in [0.1, 0.15) is 0 Å². The lowest BCUT2D eigenvalue weighted by Gasteiger charge is -2.36. The van der Waals surface area contributed by atoms with Gasteiger partial charge in [0, 0.05) is 45.9 Å². The number of methoxy groups -OCH3 is 1. The van der Waals surface area contributed by atoms with E-state index in [0.29, 0.717) is 13.2 Å². The van der Waals surface area contributed by atoms with Crippen LogP contribution in [0.3, 0.4) is 0 Å². The first-order valence-corrected chi connectivity index (χ1v) is 7.07. The summed E-state index contributed by atoms with van der Waals surface area (Å²) in [7, 11) is 1.65. The first kappa shape index (κ1) is 13.6. The molecule has 1 aliphatic carbocycles. The summed E-state index contributed by atoms with van der Waals surface area (Å²) in [5.74, 6) is 0. The summed E-state index contributed by atoms with van der Waals surface area (Å²) in [6.45, 7) is 5.08. The summed E-state index contributed by atoms with van der Waals surface area (Å²) in [5, 5.41) is 2.90. The topological polar surface area (TPSA) is 44.8 Å². The van der Waals surface area contributed by atoms with Crippen LogP contribution in [0.25, 0.3) is 0 Å². The molecule has 5 heteroatoms. The van der Waals surface area contributed by atoms with Crippen molar-refractivity contribution in [2.24, 2.45) is 0 Å². The van der Waals surface area contributed by atoms with E-state index in [1.54, 1.807) is 7.11 Å². The Hall–Kier alpha value is -0.810. The molecule has 0 aromatic heterocycles. The molecule has 1 saturated heterocycles. The Morgan fingerprint density at radius 2 is 2.06 bits per heavy atom. The molecule has 2 aliphatic rings. The zero-order valence-electron chi connectivity index (χ0n) is 11.4. The van der Waals surface area contributed by atoms with Gasteiger partial charge in [0.25, 0.3) is 0 Å². The molecule has 2 amide bonds. The number of ether oxygens (including phenoxy) is 1.